The van der Waals surface area contributed by atoms with Crippen molar-refractivity contribution in [3.8, 4) is 5.75 Å². The van der Waals surface area contributed by atoms with Crippen LogP contribution >= 0.6 is 0 Å². The van der Waals surface area contributed by atoms with Gasteiger partial charge in [0, 0.05) is 0 Å². The molecule has 0 atom stereocenters. The van der Waals surface area contributed by atoms with E-state index in [1.807, 2.05) is 6.92 Å². The van der Waals surface area contributed by atoms with Crippen molar-refractivity contribution in [2.24, 2.45) is 0 Å². The Morgan fingerprint density at radius 2 is 2.06 bits per heavy atom. The number of hydrogen-bond donors (Lipinski definition) is 1. The summed E-state index contributed by atoms with van der Waals surface area (Å²) in [6, 6.07) is 3.57. The number of aliphatic hydroxyl groups is 1. The molecule has 1 aromatic carbocycles. The Labute approximate surface area is 94.8 Å². The summed E-state index contributed by atoms with van der Waals surface area (Å²) in [5, 5.41) is 9.18. The van der Waals surface area contributed by atoms with Gasteiger partial charge in [0.1, 0.15) is 5.75 Å². The lowest BCUT2D eigenvalue weighted by atomic mass is 10.0. The number of carbonyl (C=O) groups is 1. The second kappa shape index (κ2) is 5.51. The number of rotatable bonds is 4. The quantitative estimate of drug-likeness (QED) is 0.781. The van der Waals surface area contributed by atoms with Crippen LogP contribution in [0.5, 0.6) is 5.75 Å². The molecule has 0 aliphatic heterocycles. The van der Waals surface area contributed by atoms with E-state index < -0.39 is 0 Å². The fourth-order valence-corrected chi connectivity index (χ4v) is 1.53. The molecule has 0 amide bonds. The number of aliphatic hydroxyl groups excluding tert-OH is 1. The Balaban J connectivity index is 3.06. The molecule has 0 aliphatic carbocycles. The highest BCUT2D eigenvalue weighted by Gasteiger charge is 2.10. The summed E-state index contributed by atoms with van der Waals surface area (Å²) >= 11 is 0. The molecule has 16 heavy (non-hydrogen) atoms. The van der Waals surface area contributed by atoms with Crippen LogP contribution in [0.1, 0.15) is 16.7 Å². The SMILES string of the molecule is COC(=O)Cc1cc(CO)c(C)c(OC)c1. The summed E-state index contributed by atoms with van der Waals surface area (Å²) in [5.74, 6) is 0.361. The molecule has 0 radical (unpaired) electrons. The van der Waals surface area contributed by atoms with Gasteiger partial charge in [0.05, 0.1) is 27.2 Å². The molecule has 0 saturated heterocycles. The molecule has 0 saturated carbocycles. The summed E-state index contributed by atoms with van der Waals surface area (Å²) in [4.78, 5) is 11.1. The first-order valence-electron chi connectivity index (χ1n) is 4.96. The summed E-state index contributed by atoms with van der Waals surface area (Å²) < 4.78 is 9.77. The highest BCUT2D eigenvalue weighted by atomic mass is 16.5. The maximum Gasteiger partial charge on any atom is 0.309 e. The molecule has 88 valence electrons. The lowest BCUT2D eigenvalue weighted by molar-refractivity contribution is -0.139. The van der Waals surface area contributed by atoms with Gasteiger partial charge in [0.25, 0.3) is 0 Å². The van der Waals surface area contributed by atoms with E-state index in [0.29, 0.717) is 5.75 Å². The molecule has 0 fully saturated rings. The van der Waals surface area contributed by atoms with Crippen LogP contribution in [0.2, 0.25) is 0 Å². The molecule has 0 aliphatic rings. The van der Waals surface area contributed by atoms with Gasteiger partial charge < -0.3 is 14.6 Å². The Morgan fingerprint density at radius 1 is 1.38 bits per heavy atom. The molecule has 0 spiro atoms. The van der Waals surface area contributed by atoms with Crippen molar-refractivity contribution < 1.29 is 19.4 Å². The predicted octanol–water partition coefficient (Wildman–Crippen LogP) is 1.21. The van der Waals surface area contributed by atoms with Gasteiger partial charge in [-0.15, -0.1) is 0 Å². The molecular weight excluding hydrogens is 208 g/mol. The zero-order valence-corrected chi connectivity index (χ0v) is 9.74. The number of carbonyl (C=O) groups excluding carboxylic acids is 1. The topological polar surface area (TPSA) is 55.8 Å². The van der Waals surface area contributed by atoms with Gasteiger partial charge in [-0.2, -0.15) is 0 Å². The van der Waals surface area contributed by atoms with Crippen molar-refractivity contribution >= 4 is 5.97 Å². The number of benzene rings is 1. The third kappa shape index (κ3) is 2.73. The van der Waals surface area contributed by atoms with Gasteiger partial charge in [0.15, 0.2) is 0 Å². The van der Waals surface area contributed by atoms with Crippen LogP contribution in [-0.2, 0) is 22.6 Å². The van der Waals surface area contributed by atoms with E-state index in [1.54, 1.807) is 19.2 Å². The Morgan fingerprint density at radius 3 is 2.56 bits per heavy atom. The van der Waals surface area contributed by atoms with Crippen molar-refractivity contribution in [3.05, 3.63) is 28.8 Å². The van der Waals surface area contributed by atoms with Crippen molar-refractivity contribution in [1.29, 1.82) is 0 Å². The Kier molecular flexibility index (Phi) is 4.31. The van der Waals surface area contributed by atoms with Crippen molar-refractivity contribution in [3.63, 3.8) is 0 Å². The number of methoxy groups -OCH3 is 2. The zero-order chi connectivity index (χ0) is 12.1. The second-order valence-electron chi connectivity index (χ2n) is 3.49. The minimum absolute atomic E-state index is 0.0722. The van der Waals surface area contributed by atoms with E-state index in [2.05, 4.69) is 4.74 Å². The first-order chi connectivity index (χ1) is 7.62. The van der Waals surface area contributed by atoms with Gasteiger partial charge in [-0.25, -0.2) is 0 Å². The van der Waals surface area contributed by atoms with Crippen LogP contribution in [0.4, 0.5) is 0 Å². The van der Waals surface area contributed by atoms with Gasteiger partial charge in [-0.1, -0.05) is 6.07 Å². The minimum atomic E-state index is -0.310. The van der Waals surface area contributed by atoms with Gasteiger partial charge in [-0.05, 0) is 29.7 Å². The van der Waals surface area contributed by atoms with Crippen molar-refractivity contribution in [2.45, 2.75) is 20.0 Å². The van der Waals surface area contributed by atoms with Gasteiger partial charge in [0.2, 0.25) is 0 Å². The molecular formula is C12H16O4. The smallest absolute Gasteiger partial charge is 0.309 e. The van der Waals surface area contributed by atoms with E-state index in [0.717, 1.165) is 16.7 Å². The fraction of sp³-hybridized carbons (Fsp3) is 0.417. The monoisotopic (exact) mass is 224 g/mol. The summed E-state index contributed by atoms with van der Waals surface area (Å²) in [6.07, 6.45) is 0.181. The predicted molar refractivity (Wildman–Crippen MR) is 59.4 cm³/mol. The van der Waals surface area contributed by atoms with Gasteiger partial charge >= 0.3 is 5.97 Å². The van der Waals surface area contributed by atoms with Gasteiger partial charge in [-0.3, -0.25) is 4.79 Å². The summed E-state index contributed by atoms with van der Waals surface area (Å²) in [5.41, 5.74) is 2.43. The first-order valence-corrected chi connectivity index (χ1v) is 4.96. The molecule has 0 heterocycles. The average Bonchev–Trinajstić information content (AvgIpc) is 2.30. The normalized spacial score (nSPS) is 10.0. The maximum absolute atomic E-state index is 11.1. The van der Waals surface area contributed by atoms with E-state index in [-0.39, 0.29) is 19.0 Å². The maximum atomic E-state index is 11.1. The minimum Gasteiger partial charge on any atom is -0.496 e. The summed E-state index contributed by atoms with van der Waals surface area (Å²) in [6.45, 7) is 1.80. The largest absolute Gasteiger partial charge is 0.496 e. The lowest BCUT2D eigenvalue weighted by Gasteiger charge is -2.11. The molecule has 4 nitrogen and oxygen atoms in total. The van der Waals surface area contributed by atoms with Crippen molar-refractivity contribution in [2.75, 3.05) is 14.2 Å². The van der Waals surface area contributed by atoms with Crippen LogP contribution in [-0.4, -0.2) is 25.3 Å². The summed E-state index contributed by atoms with van der Waals surface area (Å²) in [7, 11) is 2.91. The zero-order valence-electron chi connectivity index (χ0n) is 9.74. The van der Waals surface area contributed by atoms with Crippen LogP contribution in [0.25, 0.3) is 0 Å². The third-order valence-electron chi connectivity index (χ3n) is 2.49. The molecule has 4 heteroatoms. The van der Waals surface area contributed by atoms with E-state index in [1.165, 1.54) is 7.11 Å². The molecule has 0 unspecified atom stereocenters. The molecule has 1 rings (SSSR count). The highest BCUT2D eigenvalue weighted by Crippen LogP contribution is 2.24. The van der Waals surface area contributed by atoms with Crippen LogP contribution < -0.4 is 4.74 Å². The Hall–Kier alpha value is -1.55. The molecule has 1 N–H and O–H groups in total. The molecule has 1 aromatic rings. The third-order valence-corrected chi connectivity index (χ3v) is 2.49. The molecule has 0 aromatic heterocycles. The van der Waals surface area contributed by atoms with E-state index >= 15 is 0 Å². The number of ether oxygens (including phenoxy) is 2. The highest BCUT2D eigenvalue weighted by molar-refractivity contribution is 5.72. The van der Waals surface area contributed by atoms with Crippen molar-refractivity contribution in [1.82, 2.24) is 0 Å². The fourth-order valence-electron chi connectivity index (χ4n) is 1.53. The second-order valence-corrected chi connectivity index (χ2v) is 3.49. The Bertz CT molecular complexity index is 360. The van der Waals surface area contributed by atoms with E-state index in [9.17, 15) is 9.90 Å². The first kappa shape index (κ1) is 12.5. The lowest BCUT2D eigenvalue weighted by Crippen LogP contribution is -2.06. The average molecular weight is 224 g/mol. The van der Waals surface area contributed by atoms with Crippen LogP contribution in [0.3, 0.4) is 0 Å². The molecule has 0 bridgehead atoms. The van der Waals surface area contributed by atoms with Crippen LogP contribution in [0.15, 0.2) is 12.1 Å². The number of hydrogen-bond acceptors (Lipinski definition) is 4. The van der Waals surface area contributed by atoms with E-state index in [4.69, 9.17) is 4.74 Å². The van der Waals surface area contributed by atoms with Crippen LogP contribution in [0, 0.1) is 6.92 Å². The number of esters is 1. The standard InChI is InChI=1S/C12H16O4/c1-8-10(7-13)4-9(5-11(8)15-2)6-12(14)16-3/h4-5,13H,6-7H2,1-3H3.